The average Bonchev–Trinajstić information content (AvgIpc) is 2.93. The van der Waals surface area contributed by atoms with E-state index < -0.39 is 50.5 Å². The summed E-state index contributed by atoms with van der Waals surface area (Å²) < 4.78 is 36.1. The van der Waals surface area contributed by atoms with Gasteiger partial charge in [0.1, 0.15) is 11.7 Å². The molecule has 2 rings (SSSR count). The fourth-order valence-electron chi connectivity index (χ4n) is 3.42. The van der Waals surface area contributed by atoms with Crippen molar-refractivity contribution in [1.29, 1.82) is 5.26 Å². The summed E-state index contributed by atoms with van der Waals surface area (Å²) in [5.74, 6) is 0. The molecule has 1 saturated heterocycles. The van der Waals surface area contributed by atoms with Crippen LogP contribution in [0.2, 0.25) is 0 Å². The molecule has 2 heterocycles. The normalized spacial score (nSPS) is 27.2. The maximum absolute atomic E-state index is 15.6. The summed E-state index contributed by atoms with van der Waals surface area (Å²) in [6.45, 7) is 8.78. The number of H-pyrrole nitrogens is 1. The number of rotatable bonds is 10. The van der Waals surface area contributed by atoms with Crippen molar-refractivity contribution in [2.24, 2.45) is 0 Å². The van der Waals surface area contributed by atoms with E-state index in [-0.39, 0.29) is 25.1 Å². The second-order valence-electron chi connectivity index (χ2n) is 8.01. The fourth-order valence-corrected chi connectivity index (χ4v) is 5.26. The molecule has 12 heteroatoms. The molecule has 1 aromatic heterocycles. The Bertz CT molecular complexity index is 879. The Morgan fingerprint density at radius 2 is 2.06 bits per heavy atom. The summed E-state index contributed by atoms with van der Waals surface area (Å²) in [5.41, 5.74) is -2.93. The number of nitrogens with zero attached hydrogens (tertiary/aromatic N) is 3. The van der Waals surface area contributed by atoms with Crippen LogP contribution in [-0.2, 0) is 13.8 Å². The number of aromatic nitrogens is 2. The molecule has 0 saturated carbocycles. The maximum atomic E-state index is 15.6. The molecule has 0 amide bonds. The predicted molar refractivity (Wildman–Crippen MR) is 112 cm³/mol. The SMILES string of the molecule is CC(C)N(C(C)C)P(OCCC#N)O[C@H]1[C@@H](F)C(n2ccc(=O)[nH]c2=O)O[C@]1(C)CO. The summed E-state index contributed by atoms with van der Waals surface area (Å²) in [7, 11) is -1.81. The van der Waals surface area contributed by atoms with Crippen LogP contribution in [0.15, 0.2) is 21.9 Å². The Kier molecular flexibility index (Phi) is 8.89. The van der Waals surface area contributed by atoms with Crippen LogP contribution in [0.5, 0.6) is 0 Å². The van der Waals surface area contributed by atoms with Gasteiger partial charge in [-0.1, -0.05) is 0 Å². The highest BCUT2D eigenvalue weighted by molar-refractivity contribution is 7.44. The van der Waals surface area contributed by atoms with Crippen molar-refractivity contribution < 1.29 is 23.3 Å². The monoisotopic (exact) mass is 460 g/mol. The van der Waals surface area contributed by atoms with Gasteiger partial charge >= 0.3 is 5.69 Å². The lowest BCUT2D eigenvalue weighted by Crippen LogP contribution is -2.45. The largest absolute Gasteiger partial charge is 0.393 e. The standard InChI is InChI=1S/C19H30FN4O6P/c1-12(2)24(13(3)4)31(28-10-6-8-21)30-16-15(20)17(29-19(16,5)11-25)23-9-7-14(26)22-18(23)27/h7,9,12-13,15-17,25H,6,10-11H2,1-5H3,(H,22,26,27)/t15-,16+,17?,19-,31?/m1/s1. The molecule has 5 atom stereocenters. The average molecular weight is 460 g/mol. The molecular formula is C19H30FN4O6P. The van der Waals surface area contributed by atoms with Crippen molar-refractivity contribution in [3.8, 4) is 6.07 Å². The van der Waals surface area contributed by atoms with Crippen LogP contribution in [0, 0.1) is 11.3 Å². The molecule has 1 aliphatic rings. The number of ether oxygens (including phenoxy) is 1. The number of aliphatic hydroxyl groups is 1. The molecule has 1 aromatic rings. The first-order valence-corrected chi connectivity index (χ1v) is 11.2. The Labute approximate surface area is 181 Å². The smallest absolute Gasteiger partial charge is 0.330 e. The van der Waals surface area contributed by atoms with E-state index >= 15 is 4.39 Å². The Hall–Kier alpha value is -1.67. The highest BCUT2D eigenvalue weighted by Crippen LogP contribution is 2.52. The minimum Gasteiger partial charge on any atom is -0.393 e. The van der Waals surface area contributed by atoms with Crippen LogP contribution in [-0.4, -0.2) is 62.5 Å². The van der Waals surface area contributed by atoms with E-state index in [1.807, 2.05) is 38.4 Å². The van der Waals surface area contributed by atoms with Gasteiger partial charge in [-0.05, 0) is 34.6 Å². The molecule has 2 N–H and O–H groups in total. The topological polar surface area (TPSA) is 130 Å². The molecule has 0 spiro atoms. The third kappa shape index (κ3) is 5.77. The van der Waals surface area contributed by atoms with E-state index in [2.05, 4.69) is 4.98 Å². The van der Waals surface area contributed by atoms with Crippen molar-refractivity contribution in [2.75, 3.05) is 13.2 Å². The summed E-state index contributed by atoms with van der Waals surface area (Å²) in [5, 5.41) is 18.8. The van der Waals surface area contributed by atoms with E-state index in [0.717, 1.165) is 16.8 Å². The van der Waals surface area contributed by atoms with Gasteiger partial charge in [-0.3, -0.25) is 14.3 Å². The summed E-state index contributed by atoms with van der Waals surface area (Å²) in [4.78, 5) is 25.6. The number of nitriles is 1. The molecule has 0 bridgehead atoms. The summed E-state index contributed by atoms with van der Waals surface area (Å²) >= 11 is 0. The molecule has 1 aliphatic heterocycles. The van der Waals surface area contributed by atoms with Crippen molar-refractivity contribution in [2.45, 2.75) is 77.2 Å². The second kappa shape index (κ2) is 10.8. The van der Waals surface area contributed by atoms with Crippen LogP contribution in [0.3, 0.4) is 0 Å². The molecule has 0 radical (unpaired) electrons. The fraction of sp³-hybridized carbons (Fsp3) is 0.737. The number of halogens is 1. The molecule has 2 unspecified atom stereocenters. The zero-order valence-electron chi connectivity index (χ0n) is 18.3. The third-order valence-electron chi connectivity index (χ3n) is 4.86. The van der Waals surface area contributed by atoms with E-state index in [1.54, 1.807) is 0 Å². The molecule has 10 nitrogen and oxygen atoms in total. The molecular weight excluding hydrogens is 430 g/mol. The van der Waals surface area contributed by atoms with Gasteiger partial charge in [0.25, 0.3) is 14.1 Å². The lowest BCUT2D eigenvalue weighted by atomic mass is 9.99. The zero-order valence-corrected chi connectivity index (χ0v) is 19.2. The van der Waals surface area contributed by atoms with Gasteiger partial charge in [0.2, 0.25) is 0 Å². The highest BCUT2D eigenvalue weighted by atomic mass is 31.2. The van der Waals surface area contributed by atoms with Gasteiger partial charge in [-0.15, -0.1) is 0 Å². The highest BCUT2D eigenvalue weighted by Gasteiger charge is 2.56. The van der Waals surface area contributed by atoms with E-state index in [1.165, 1.54) is 6.92 Å². The minimum atomic E-state index is -1.84. The molecule has 31 heavy (non-hydrogen) atoms. The first-order valence-electron chi connectivity index (χ1n) is 10.0. The molecule has 0 aliphatic carbocycles. The van der Waals surface area contributed by atoms with Crippen LogP contribution < -0.4 is 11.2 Å². The van der Waals surface area contributed by atoms with Crippen LogP contribution >= 0.6 is 8.53 Å². The Morgan fingerprint density at radius 1 is 1.42 bits per heavy atom. The van der Waals surface area contributed by atoms with Crippen LogP contribution in [0.1, 0.15) is 47.3 Å². The first-order chi connectivity index (χ1) is 14.6. The van der Waals surface area contributed by atoms with Gasteiger partial charge in [0.05, 0.1) is 25.7 Å². The van der Waals surface area contributed by atoms with Crippen molar-refractivity contribution in [3.05, 3.63) is 33.1 Å². The lowest BCUT2D eigenvalue weighted by molar-refractivity contribution is -0.114. The van der Waals surface area contributed by atoms with E-state index in [9.17, 15) is 14.7 Å². The number of aliphatic hydroxyl groups excluding tert-OH is 1. The Morgan fingerprint density at radius 3 is 2.58 bits per heavy atom. The van der Waals surface area contributed by atoms with E-state index in [0.29, 0.717) is 0 Å². The first kappa shape index (κ1) is 25.6. The maximum Gasteiger partial charge on any atom is 0.330 e. The number of aromatic amines is 1. The zero-order chi connectivity index (χ0) is 23.3. The van der Waals surface area contributed by atoms with Crippen molar-refractivity contribution >= 4 is 8.53 Å². The Balaban J connectivity index is 2.38. The molecule has 1 fully saturated rings. The predicted octanol–water partition coefficient (Wildman–Crippen LogP) is 1.82. The summed E-state index contributed by atoms with van der Waals surface area (Å²) in [6.07, 6.45) is -3.24. The van der Waals surface area contributed by atoms with Gasteiger partial charge in [-0.25, -0.2) is 13.9 Å². The number of hydrogen-bond acceptors (Lipinski definition) is 8. The van der Waals surface area contributed by atoms with Gasteiger partial charge in [-0.2, -0.15) is 5.26 Å². The van der Waals surface area contributed by atoms with Gasteiger partial charge in [0, 0.05) is 24.3 Å². The number of hydrogen-bond donors (Lipinski definition) is 2. The molecule has 0 aromatic carbocycles. The second-order valence-corrected chi connectivity index (χ2v) is 9.42. The quantitative estimate of drug-likeness (QED) is 0.400. The lowest BCUT2D eigenvalue weighted by Gasteiger charge is -2.39. The van der Waals surface area contributed by atoms with Crippen LogP contribution in [0.4, 0.5) is 4.39 Å². The van der Waals surface area contributed by atoms with E-state index in [4.69, 9.17) is 19.0 Å². The number of alkyl halides is 1. The third-order valence-corrected chi connectivity index (χ3v) is 6.97. The van der Waals surface area contributed by atoms with Gasteiger partial charge < -0.3 is 18.9 Å². The van der Waals surface area contributed by atoms with Crippen LogP contribution in [0.25, 0.3) is 0 Å². The summed E-state index contributed by atoms with van der Waals surface area (Å²) in [6, 6.07) is 3.06. The van der Waals surface area contributed by atoms with Gasteiger partial charge in [0.15, 0.2) is 12.4 Å². The molecule has 174 valence electrons. The van der Waals surface area contributed by atoms with Crippen molar-refractivity contribution in [3.63, 3.8) is 0 Å². The van der Waals surface area contributed by atoms with Crippen molar-refractivity contribution in [1.82, 2.24) is 14.2 Å². The minimum absolute atomic E-state index is 0.00780. The number of nitrogens with one attached hydrogen (secondary N) is 1.